The number of nitrogen functional groups attached to an aromatic ring is 1. The van der Waals surface area contributed by atoms with E-state index in [2.05, 4.69) is 191 Å². The fourth-order valence-corrected chi connectivity index (χ4v) is 12.6. The first-order valence-corrected chi connectivity index (χ1v) is 43.0. The van der Waals surface area contributed by atoms with E-state index in [4.69, 9.17) is 80.6 Å². The van der Waals surface area contributed by atoms with Crippen molar-refractivity contribution >= 4 is 148 Å². The van der Waals surface area contributed by atoms with Gasteiger partial charge >= 0.3 is 52.9 Å². The minimum atomic E-state index is -1.72. The van der Waals surface area contributed by atoms with E-state index in [0.717, 1.165) is 142 Å². The van der Waals surface area contributed by atoms with Crippen molar-refractivity contribution in [1.29, 1.82) is 0 Å². The van der Waals surface area contributed by atoms with Crippen LogP contribution < -0.4 is 55.5 Å². The van der Waals surface area contributed by atoms with Crippen LogP contribution >= 0.6 is 65.0 Å². The molecule has 8 aromatic carbocycles. The fraction of sp³-hybridized carbons (Fsp3) is 0.345. The molecule has 0 unspecified atom stereocenters. The third kappa shape index (κ3) is 42.8. The Bertz CT molecular complexity index is 3800. The Morgan fingerprint density at radius 1 is 0.505 bits per heavy atom. The number of carbonyl (C=O) groups is 7. The number of nitrogens with zero attached hydrogens (tertiary/aromatic N) is 6. The Hall–Kier alpha value is -6.77. The molecule has 2 amide bonds. The van der Waals surface area contributed by atoms with Crippen LogP contribution in [0.15, 0.2) is 237 Å². The number of hydrogen-bond donors (Lipinski definition) is 2. The molecular formula is C84H102AlBCl6N8NaO10. The third-order valence-corrected chi connectivity index (χ3v) is 18.2. The molecule has 0 atom stereocenters. The second-order valence-electron chi connectivity index (χ2n) is 25.9. The summed E-state index contributed by atoms with van der Waals surface area (Å²) in [6.45, 7) is 15.6. The average Bonchev–Trinajstić information content (AvgIpc) is 1.62. The predicted molar refractivity (Wildman–Crippen MR) is 450 cm³/mol. The number of rotatable bonds is 15. The molecule has 8 aromatic rings. The van der Waals surface area contributed by atoms with Gasteiger partial charge in [-0.1, -0.05) is 194 Å². The summed E-state index contributed by atoms with van der Waals surface area (Å²) in [4.78, 5) is 95.3. The standard InChI is InChI=1S/C20H23ClN2O.C20H22N2O.C18H22N2.C12H15NO.C6H7N.C4H6O4.C2H2Cl2O.C2H4O2.Al.B.3ClH.Na.H2/c21-15-20(24)23(18-9-5-2-6-10-18)19-11-13-22(14-12-19)16-17-7-3-1-4-8-17;23-20-14-17-8-4-5-9-19(17)22(20)18-10-12-21(13-11-18)15-16-6-2-1-3-7-16;1-3-7-16(8-4-1)15-20-13-11-18(12-14-20)19-17-9-5-2-6-10-17;14-12-6-8-13(9-7-12)10-11-4-2-1-3-5-11;7-6-4-2-1-3-5-6;1-3(5)7-8-4(2)6;3-1-2(4)5;1-2(3)4;;;;;;;/h1-10,19H,11-16H2;1-9,18H,10-15H2;1-10,18-19H,11-15H2;1-5H,6-10H2;1-5H,7H2;1-2H3;1H2;1H3,(H,3,4);;;3*1H;;1H/q;;;;;;;;+3;;;;;+1;/p-4. The Morgan fingerprint density at radius 2 is 0.829 bits per heavy atom. The van der Waals surface area contributed by atoms with Crippen LogP contribution in [-0.4, -0.2) is 162 Å². The largest absolute Gasteiger partial charge is 1.00 e. The zero-order valence-electron chi connectivity index (χ0n) is 63.8. The van der Waals surface area contributed by atoms with Crippen LogP contribution in [0.1, 0.15) is 101 Å². The molecule has 5 aliphatic heterocycles. The summed E-state index contributed by atoms with van der Waals surface area (Å²) in [7, 11) is 14.8. The molecule has 5 aliphatic rings. The number of carboxylic acids is 1. The predicted octanol–water partition coefficient (Wildman–Crippen LogP) is 12.4. The summed E-state index contributed by atoms with van der Waals surface area (Å²) in [5.74, 6) is -1.76. The van der Waals surface area contributed by atoms with Gasteiger partial charge in [-0.15, -0.1) is 23.2 Å². The third-order valence-electron chi connectivity index (χ3n) is 17.4. The topological polar surface area (TPSA) is 219 Å². The summed E-state index contributed by atoms with van der Waals surface area (Å²) < 4.78 is 0. The van der Waals surface area contributed by atoms with Crippen LogP contribution in [0, 0.1) is 0 Å². The quantitative estimate of drug-likeness (QED) is 0.0243. The molecule has 3 N–H and O–H groups in total. The molecule has 587 valence electrons. The van der Waals surface area contributed by atoms with Crippen molar-refractivity contribution in [2.24, 2.45) is 0 Å². The first-order chi connectivity index (χ1) is 52.6. The van der Waals surface area contributed by atoms with Crippen LogP contribution in [0.2, 0.25) is 0 Å². The number of hydrogen-bond acceptors (Lipinski definition) is 16. The van der Waals surface area contributed by atoms with E-state index in [1.807, 2.05) is 89.8 Å². The molecular weight excluding hydrogens is 1550 g/mol. The zero-order valence-corrected chi connectivity index (χ0v) is 71.5. The van der Waals surface area contributed by atoms with Crippen LogP contribution in [0.25, 0.3) is 0 Å². The number of aliphatic carboxylic acids is 1. The van der Waals surface area contributed by atoms with Crippen LogP contribution in [0.3, 0.4) is 0 Å². The van der Waals surface area contributed by atoms with E-state index < -0.39 is 34.5 Å². The van der Waals surface area contributed by atoms with Gasteiger partial charge < -0.3 is 30.8 Å². The number of fused-ring (bicyclic) bond motifs is 1. The molecule has 5 heterocycles. The van der Waals surface area contributed by atoms with Crippen LogP contribution in [0.5, 0.6) is 0 Å². The van der Waals surface area contributed by atoms with Gasteiger partial charge in [-0.25, -0.2) is 49.5 Å². The Kier molecular flexibility index (Phi) is 51.5. The van der Waals surface area contributed by atoms with Crippen molar-refractivity contribution in [3.8, 4) is 0 Å². The number of carbonyl (C=O) groups excluding carboxylic acids is 7. The molecule has 111 heavy (non-hydrogen) atoms. The van der Waals surface area contributed by atoms with Crippen molar-refractivity contribution in [3.05, 3.63) is 264 Å². The van der Waals surface area contributed by atoms with Gasteiger partial charge in [-0.2, -0.15) is 0 Å². The first kappa shape index (κ1) is 98.4. The minimum Gasteiger partial charge on any atom is -0.550 e. The number of amides is 2. The van der Waals surface area contributed by atoms with Crippen LogP contribution in [0.4, 0.5) is 22.7 Å². The first-order valence-electron chi connectivity index (χ1n) is 36.3. The van der Waals surface area contributed by atoms with E-state index in [1.54, 1.807) is 0 Å². The van der Waals surface area contributed by atoms with E-state index in [0.29, 0.717) is 24.3 Å². The van der Waals surface area contributed by atoms with Gasteiger partial charge in [0.05, 0.1) is 12.3 Å². The van der Waals surface area contributed by atoms with Gasteiger partial charge in [0.15, 0.2) is 0 Å². The second kappa shape index (κ2) is 58.1. The zero-order chi connectivity index (χ0) is 79.0. The number of piperidine rings is 4. The SMILES string of the molecule is CC(=O)OOC(C)=O.CC(=O)[O-].Nc1ccccc1.O=C(CCl)N(c1ccccc1)C1CCN(Cc2ccccc2)CC1.O=C(Cl)CCl.O=C1CCN(Cc2ccccc2)CC1.O=C1Cc2ccccc2N1C1CCN(Cc2ccccc2)CC1.[B].[Cl][Al]([Cl])[Cl].[HH].[Na+].c1ccc(CN2CCC(Nc3ccccc3)CC2)cc1. The number of anilines is 4. The van der Waals surface area contributed by atoms with E-state index in [-0.39, 0.29) is 69.0 Å². The Labute approximate surface area is 713 Å². The monoisotopic (exact) mass is 1650 g/mol. The van der Waals surface area contributed by atoms with Gasteiger partial charge in [0.2, 0.25) is 17.1 Å². The number of halogens is 6. The maximum atomic E-state index is 12.4. The molecule has 0 aromatic heterocycles. The number of benzene rings is 8. The molecule has 0 bridgehead atoms. The molecule has 3 radical (unpaired) electrons. The number of Topliss-reactive ketones (excluding diaryl/α,β-unsaturated/α-hetero) is 1. The van der Waals surface area contributed by atoms with E-state index >= 15 is 0 Å². The van der Waals surface area contributed by atoms with Gasteiger partial charge in [-0.3, -0.25) is 38.8 Å². The normalized spacial score (nSPS) is 14.7. The van der Waals surface area contributed by atoms with Gasteiger partial charge in [0.25, 0.3) is 0 Å². The summed E-state index contributed by atoms with van der Waals surface area (Å²) in [6.07, 6.45) is 8.55. The van der Waals surface area contributed by atoms with Crippen molar-refractivity contribution in [3.63, 3.8) is 0 Å². The van der Waals surface area contributed by atoms with Gasteiger partial charge in [0.1, 0.15) is 11.7 Å². The van der Waals surface area contributed by atoms with Gasteiger partial charge in [-0.05, 0) is 127 Å². The van der Waals surface area contributed by atoms with Crippen molar-refractivity contribution < 1.29 is 79.4 Å². The van der Waals surface area contributed by atoms with Crippen LogP contribution in [-0.2, 0) is 75.9 Å². The van der Waals surface area contributed by atoms with Crippen molar-refractivity contribution in [1.82, 2.24) is 19.6 Å². The second-order valence-corrected chi connectivity index (χ2v) is 33.3. The number of nitrogens with two attached hydrogens (primary N) is 1. The van der Waals surface area contributed by atoms with Gasteiger partial charge in [0, 0.05) is 162 Å². The number of ketones is 1. The molecule has 0 spiro atoms. The number of nitrogens with one attached hydrogen (secondary N) is 1. The summed E-state index contributed by atoms with van der Waals surface area (Å²) in [5.41, 5.74) is 16.2. The fourth-order valence-electron chi connectivity index (χ4n) is 12.5. The molecule has 0 saturated carbocycles. The Morgan fingerprint density at radius 3 is 1.18 bits per heavy atom. The van der Waals surface area contributed by atoms with E-state index in [9.17, 15) is 28.8 Å². The summed E-state index contributed by atoms with van der Waals surface area (Å²) in [5, 5.41) is 12.0. The number of alkyl halides is 2. The molecule has 27 heteroatoms. The number of para-hydroxylation sites is 4. The molecule has 0 aliphatic carbocycles. The molecule has 18 nitrogen and oxygen atoms in total. The molecule has 4 fully saturated rings. The Balaban J connectivity index is 0.000000455. The van der Waals surface area contributed by atoms with Crippen molar-refractivity contribution in [2.45, 2.75) is 123 Å². The number of likely N-dealkylation sites (tertiary alicyclic amines) is 4. The maximum Gasteiger partial charge on any atom is 1.00 e. The number of carboxylic acid groups (broad SMARTS) is 1. The minimum absolute atomic E-state index is 0. The summed E-state index contributed by atoms with van der Waals surface area (Å²) >= 11 is 13.7. The van der Waals surface area contributed by atoms with E-state index in [1.165, 1.54) is 59.4 Å². The van der Waals surface area contributed by atoms with Crippen molar-refractivity contribution in [2.75, 3.05) is 85.0 Å². The molecule has 4 saturated heterocycles. The summed E-state index contributed by atoms with van der Waals surface area (Å²) in [6, 6.07) is 81.7. The average molecular weight is 1660 g/mol. The molecule has 13 rings (SSSR count). The maximum absolute atomic E-state index is 12.4. The smallest absolute Gasteiger partial charge is 0.550 e.